The second-order valence-corrected chi connectivity index (χ2v) is 4.38. The molecule has 2 nitrogen and oxygen atoms in total. The number of nitrogens with one attached hydrogen (secondary N) is 1. The zero-order chi connectivity index (χ0) is 9.73. The highest BCUT2D eigenvalue weighted by atomic mass is 16.5. The quantitative estimate of drug-likeness (QED) is 0.677. The fraction of sp³-hybridized carbons (Fsp3) is 0.818. The van der Waals surface area contributed by atoms with Crippen molar-refractivity contribution in [1.82, 2.24) is 5.32 Å². The molecule has 1 saturated heterocycles. The highest BCUT2D eigenvalue weighted by Gasteiger charge is 2.25. The average Bonchev–Trinajstić information content (AvgIpc) is 2.04. The van der Waals surface area contributed by atoms with Crippen molar-refractivity contribution >= 4 is 0 Å². The first-order valence-electron chi connectivity index (χ1n) is 5.08. The number of ether oxygens (including phenoxy) is 1. The second kappa shape index (κ2) is 4.77. The monoisotopic (exact) mass is 183 g/mol. The van der Waals surface area contributed by atoms with Gasteiger partial charge >= 0.3 is 0 Å². The van der Waals surface area contributed by atoms with Crippen LogP contribution in [0.3, 0.4) is 0 Å². The summed E-state index contributed by atoms with van der Waals surface area (Å²) in [6, 6.07) is 0. The molecule has 13 heavy (non-hydrogen) atoms. The van der Waals surface area contributed by atoms with Crippen LogP contribution >= 0.6 is 0 Å². The lowest BCUT2D eigenvalue weighted by Crippen LogP contribution is -2.48. The first-order valence-corrected chi connectivity index (χ1v) is 5.08. The molecule has 0 bridgehead atoms. The lowest BCUT2D eigenvalue weighted by molar-refractivity contribution is 0.0302. The van der Waals surface area contributed by atoms with E-state index in [2.05, 4.69) is 32.2 Å². The third kappa shape index (κ3) is 3.92. The van der Waals surface area contributed by atoms with Crippen LogP contribution in [0.2, 0.25) is 0 Å². The van der Waals surface area contributed by atoms with Gasteiger partial charge in [-0.05, 0) is 33.6 Å². The Morgan fingerprint density at radius 1 is 1.54 bits per heavy atom. The van der Waals surface area contributed by atoms with Gasteiger partial charge in [-0.3, -0.25) is 0 Å². The molecule has 1 rings (SSSR count). The summed E-state index contributed by atoms with van der Waals surface area (Å²) in [5.74, 6) is 0. The minimum Gasteiger partial charge on any atom is -0.380 e. The van der Waals surface area contributed by atoms with Crippen molar-refractivity contribution in [3.8, 4) is 0 Å². The van der Waals surface area contributed by atoms with Crippen LogP contribution in [0.25, 0.3) is 0 Å². The Bertz CT molecular complexity index is 177. The standard InChI is InChI=1S/C11H21NO/c1-10(2)5-7-12-11(3)6-4-8-13-9-11/h5,12H,4,6-9H2,1-3H3. The summed E-state index contributed by atoms with van der Waals surface area (Å²) in [4.78, 5) is 0. The summed E-state index contributed by atoms with van der Waals surface area (Å²) < 4.78 is 5.46. The summed E-state index contributed by atoms with van der Waals surface area (Å²) in [7, 11) is 0. The van der Waals surface area contributed by atoms with E-state index in [1.54, 1.807) is 0 Å². The first-order chi connectivity index (χ1) is 6.12. The molecule has 0 amide bonds. The molecule has 1 fully saturated rings. The van der Waals surface area contributed by atoms with Crippen molar-refractivity contribution in [3.63, 3.8) is 0 Å². The van der Waals surface area contributed by atoms with Gasteiger partial charge in [0.1, 0.15) is 0 Å². The van der Waals surface area contributed by atoms with Gasteiger partial charge in [0.05, 0.1) is 6.61 Å². The van der Waals surface area contributed by atoms with E-state index in [-0.39, 0.29) is 5.54 Å². The SMILES string of the molecule is CC(C)=CCNC1(C)CCCOC1. The lowest BCUT2D eigenvalue weighted by Gasteiger charge is -2.34. The topological polar surface area (TPSA) is 21.3 Å². The molecule has 1 heterocycles. The van der Waals surface area contributed by atoms with Crippen LogP contribution in [-0.2, 0) is 4.74 Å². The van der Waals surface area contributed by atoms with Crippen molar-refractivity contribution in [3.05, 3.63) is 11.6 Å². The molecule has 1 unspecified atom stereocenters. The lowest BCUT2D eigenvalue weighted by atomic mass is 9.95. The zero-order valence-corrected chi connectivity index (χ0v) is 9.02. The fourth-order valence-corrected chi connectivity index (χ4v) is 1.57. The van der Waals surface area contributed by atoms with Crippen molar-refractivity contribution in [2.75, 3.05) is 19.8 Å². The van der Waals surface area contributed by atoms with Gasteiger partial charge in [0.2, 0.25) is 0 Å². The molecule has 1 aliphatic rings. The molecule has 0 aromatic heterocycles. The number of hydrogen-bond donors (Lipinski definition) is 1. The van der Waals surface area contributed by atoms with Crippen LogP contribution in [0.5, 0.6) is 0 Å². The van der Waals surface area contributed by atoms with E-state index in [4.69, 9.17) is 4.74 Å². The van der Waals surface area contributed by atoms with Gasteiger partial charge in [-0.2, -0.15) is 0 Å². The van der Waals surface area contributed by atoms with E-state index >= 15 is 0 Å². The summed E-state index contributed by atoms with van der Waals surface area (Å²) in [6.45, 7) is 9.24. The zero-order valence-electron chi connectivity index (χ0n) is 9.02. The van der Waals surface area contributed by atoms with Gasteiger partial charge in [0.15, 0.2) is 0 Å². The van der Waals surface area contributed by atoms with Crippen LogP contribution < -0.4 is 5.32 Å². The maximum absolute atomic E-state index is 5.46. The molecule has 0 saturated carbocycles. The minimum atomic E-state index is 0.199. The summed E-state index contributed by atoms with van der Waals surface area (Å²) in [5, 5.41) is 3.53. The van der Waals surface area contributed by atoms with Gasteiger partial charge < -0.3 is 10.1 Å². The Labute approximate surface area is 81.4 Å². The summed E-state index contributed by atoms with van der Waals surface area (Å²) in [6.07, 6.45) is 4.63. The molecule has 2 heteroatoms. The first kappa shape index (κ1) is 10.7. The molecular formula is C11H21NO. The molecule has 0 aromatic carbocycles. The van der Waals surface area contributed by atoms with Crippen LogP contribution in [0, 0.1) is 0 Å². The van der Waals surface area contributed by atoms with E-state index in [0.717, 1.165) is 19.8 Å². The van der Waals surface area contributed by atoms with Gasteiger partial charge in [-0.15, -0.1) is 0 Å². The van der Waals surface area contributed by atoms with Gasteiger partial charge in [-0.25, -0.2) is 0 Å². The van der Waals surface area contributed by atoms with Gasteiger partial charge in [0.25, 0.3) is 0 Å². The molecule has 0 radical (unpaired) electrons. The molecule has 1 aliphatic heterocycles. The fourth-order valence-electron chi connectivity index (χ4n) is 1.57. The van der Waals surface area contributed by atoms with Crippen LogP contribution in [0.4, 0.5) is 0 Å². The summed E-state index contributed by atoms with van der Waals surface area (Å²) in [5.41, 5.74) is 1.57. The molecule has 0 spiro atoms. The Hall–Kier alpha value is -0.340. The third-order valence-corrected chi connectivity index (χ3v) is 2.48. The maximum Gasteiger partial charge on any atom is 0.0645 e. The predicted octanol–water partition coefficient (Wildman–Crippen LogP) is 2.11. The van der Waals surface area contributed by atoms with E-state index in [1.807, 2.05) is 0 Å². The molecule has 76 valence electrons. The smallest absolute Gasteiger partial charge is 0.0645 e. The van der Waals surface area contributed by atoms with Crippen molar-refractivity contribution < 1.29 is 4.74 Å². The summed E-state index contributed by atoms with van der Waals surface area (Å²) >= 11 is 0. The number of rotatable bonds is 3. The van der Waals surface area contributed by atoms with E-state index in [1.165, 1.54) is 18.4 Å². The van der Waals surface area contributed by atoms with E-state index in [9.17, 15) is 0 Å². The Morgan fingerprint density at radius 3 is 2.85 bits per heavy atom. The second-order valence-electron chi connectivity index (χ2n) is 4.38. The molecule has 0 aromatic rings. The van der Waals surface area contributed by atoms with E-state index < -0.39 is 0 Å². The van der Waals surface area contributed by atoms with Crippen LogP contribution in [0.1, 0.15) is 33.6 Å². The number of hydrogen-bond acceptors (Lipinski definition) is 2. The predicted molar refractivity (Wildman–Crippen MR) is 55.9 cm³/mol. The van der Waals surface area contributed by atoms with Gasteiger partial charge in [0, 0.05) is 18.7 Å². The largest absolute Gasteiger partial charge is 0.380 e. The third-order valence-electron chi connectivity index (χ3n) is 2.48. The van der Waals surface area contributed by atoms with Crippen molar-refractivity contribution in [1.29, 1.82) is 0 Å². The Kier molecular flexibility index (Phi) is 3.94. The number of allylic oxidation sites excluding steroid dienone is 1. The normalized spacial score (nSPS) is 28.5. The molecule has 0 aliphatic carbocycles. The maximum atomic E-state index is 5.46. The average molecular weight is 183 g/mol. The van der Waals surface area contributed by atoms with Crippen LogP contribution in [-0.4, -0.2) is 25.3 Å². The molecule has 1 N–H and O–H groups in total. The van der Waals surface area contributed by atoms with E-state index in [0.29, 0.717) is 0 Å². The molecule has 1 atom stereocenters. The Balaban J connectivity index is 2.29. The van der Waals surface area contributed by atoms with Crippen LogP contribution in [0.15, 0.2) is 11.6 Å². The highest BCUT2D eigenvalue weighted by molar-refractivity contribution is 4.97. The van der Waals surface area contributed by atoms with Gasteiger partial charge in [-0.1, -0.05) is 11.6 Å². The van der Waals surface area contributed by atoms with Crippen molar-refractivity contribution in [2.24, 2.45) is 0 Å². The Morgan fingerprint density at radius 2 is 2.31 bits per heavy atom. The molecular weight excluding hydrogens is 162 g/mol. The highest BCUT2D eigenvalue weighted by Crippen LogP contribution is 2.17. The van der Waals surface area contributed by atoms with Crippen molar-refractivity contribution in [2.45, 2.75) is 39.2 Å². The minimum absolute atomic E-state index is 0.199.